The standard InChI is InChI=1S/C18H18BrClN6O2.C10H18BNO3.CHF3/c1-2-21-17(27)15-12(20)8-13-16(24-15)26(11-4-6-25(13)9-11)18(28)23-14-7-10(19)3-5-22-14;1-7(2)10(3,4)15-11(14)8-6-12(5)9(8)13;2-1(3)4/h3,5,7-8,11H,2,4,6,9H2,1H3,(H,21,27)(H,22,23,28);6-7,14H,1-5H3;1H. The Labute approximate surface area is 284 Å². The van der Waals surface area contributed by atoms with E-state index in [1.54, 1.807) is 42.5 Å². The lowest BCUT2D eigenvalue weighted by molar-refractivity contribution is -0.126. The molecule has 18 heteroatoms. The largest absolute Gasteiger partial charge is 0.498 e. The molecule has 256 valence electrons. The quantitative estimate of drug-likeness (QED) is 0.326. The molecule has 47 heavy (non-hydrogen) atoms. The molecule has 2 aromatic heterocycles. The van der Waals surface area contributed by atoms with Crippen molar-refractivity contribution in [1.82, 2.24) is 20.2 Å². The van der Waals surface area contributed by atoms with Crippen molar-refractivity contribution in [3.05, 3.63) is 51.3 Å². The Balaban J connectivity index is 0.000000266. The van der Waals surface area contributed by atoms with E-state index in [0.717, 1.165) is 23.1 Å². The van der Waals surface area contributed by atoms with Crippen molar-refractivity contribution in [1.29, 1.82) is 0 Å². The Morgan fingerprint density at radius 1 is 1.28 bits per heavy atom. The van der Waals surface area contributed by atoms with Crippen LogP contribution in [0.3, 0.4) is 0 Å². The Hall–Kier alpha value is -3.41. The molecule has 0 spiro atoms. The molecule has 3 aliphatic rings. The van der Waals surface area contributed by atoms with Crippen LogP contribution in [0.5, 0.6) is 0 Å². The van der Waals surface area contributed by atoms with Crippen molar-refractivity contribution in [2.24, 2.45) is 5.92 Å². The van der Waals surface area contributed by atoms with E-state index in [1.807, 2.05) is 34.6 Å². The van der Waals surface area contributed by atoms with Gasteiger partial charge in [-0.1, -0.05) is 41.4 Å². The van der Waals surface area contributed by atoms with Crippen molar-refractivity contribution in [3.63, 3.8) is 0 Å². The zero-order chi connectivity index (χ0) is 35.2. The Morgan fingerprint density at radius 3 is 2.49 bits per heavy atom. The summed E-state index contributed by atoms with van der Waals surface area (Å²) in [5.74, 6) is 0.589. The van der Waals surface area contributed by atoms with Gasteiger partial charge < -0.3 is 24.8 Å². The summed E-state index contributed by atoms with van der Waals surface area (Å²) in [6.45, 7) is 7.93. The topological polar surface area (TPSA) is 140 Å². The van der Waals surface area contributed by atoms with Gasteiger partial charge in [0.1, 0.15) is 11.5 Å². The molecular weight excluding hydrogens is 710 g/mol. The lowest BCUT2D eigenvalue weighted by atomic mass is 9.73. The molecule has 0 saturated carbocycles. The molecule has 5 rings (SSSR count). The summed E-state index contributed by atoms with van der Waals surface area (Å²) in [5, 5.41) is 15.5. The number of likely N-dealkylation sites (N-methyl/N-ethyl adjacent to an activating group) is 1. The third-order valence-corrected chi connectivity index (χ3v) is 8.52. The van der Waals surface area contributed by atoms with E-state index < -0.39 is 19.4 Å². The second kappa shape index (κ2) is 16.1. The molecule has 0 aliphatic carbocycles. The first kappa shape index (κ1) is 38.0. The molecule has 3 N–H and O–H groups in total. The number of amides is 4. The Kier molecular flexibility index (Phi) is 13.1. The number of nitrogens with zero attached hydrogens (tertiary/aromatic N) is 5. The van der Waals surface area contributed by atoms with Gasteiger partial charge in [-0.3, -0.25) is 19.8 Å². The molecular formula is C29H37BBrClF3N7O5. The molecule has 12 nitrogen and oxygen atoms in total. The van der Waals surface area contributed by atoms with Crippen molar-refractivity contribution >= 4 is 69.8 Å². The summed E-state index contributed by atoms with van der Waals surface area (Å²) in [7, 11) is 0.526. The number of fused-ring (bicyclic) bond motifs is 4. The van der Waals surface area contributed by atoms with Gasteiger partial charge >= 0.3 is 19.8 Å². The van der Waals surface area contributed by atoms with Crippen LogP contribution in [0.4, 0.5) is 35.3 Å². The minimum Gasteiger partial charge on any atom is -0.423 e. The lowest BCUT2D eigenvalue weighted by Gasteiger charge is -2.36. The number of aromatic nitrogens is 2. The average molecular weight is 747 g/mol. The summed E-state index contributed by atoms with van der Waals surface area (Å²) in [5.41, 5.74) is 0.743. The Bertz CT molecular complexity index is 1500. The number of anilines is 3. The van der Waals surface area contributed by atoms with E-state index in [2.05, 4.69) is 41.4 Å². The SMILES string of the molecule is CC(C)C(C)(C)OB(O)C1=CN(C)C1=O.CCNC(=O)c1nc2c(cc1Cl)N1CCC(C1)N2C(=O)Nc1cc(Br)ccn1.FC(F)F. The molecule has 0 radical (unpaired) electrons. The molecule has 0 aromatic carbocycles. The first-order valence-electron chi connectivity index (χ1n) is 14.7. The molecule has 2 aromatic rings. The fraction of sp³-hybridized carbons (Fsp3) is 0.483. The zero-order valence-corrected chi connectivity index (χ0v) is 29.1. The zero-order valence-electron chi connectivity index (χ0n) is 26.7. The van der Waals surface area contributed by atoms with Crippen LogP contribution in [-0.2, 0) is 9.45 Å². The highest BCUT2D eigenvalue weighted by Crippen LogP contribution is 2.41. The normalized spacial score (nSPS) is 16.4. The molecule has 1 saturated heterocycles. The first-order valence-corrected chi connectivity index (χ1v) is 15.9. The third-order valence-electron chi connectivity index (χ3n) is 7.73. The summed E-state index contributed by atoms with van der Waals surface area (Å²) in [6.07, 6.45) is 4.00. The van der Waals surface area contributed by atoms with Crippen LogP contribution >= 0.6 is 27.5 Å². The molecule has 3 aliphatic heterocycles. The van der Waals surface area contributed by atoms with E-state index in [1.165, 1.54) is 4.90 Å². The Morgan fingerprint density at radius 2 is 1.94 bits per heavy atom. The number of rotatable bonds is 7. The number of hydrogen-bond acceptors (Lipinski definition) is 8. The predicted octanol–water partition coefficient (Wildman–Crippen LogP) is 5.26. The molecule has 1 fully saturated rings. The van der Waals surface area contributed by atoms with Gasteiger partial charge in [0.25, 0.3) is 11.8 Å². The van der Waals surface area contributed by atoms with Gasteiger partial charge in [-0.2, -0.15) is 13.2 Å². The summed E-state index contributed by atoms with van der Waals surface area (Å²) in [6, 6.07) is 4.85. The van der Waals surface area contributed by atoms with E-state index in [9.17, 15) is 32.6 Å². The van der Waals surface area contributed by atoms with Crippen LogP contribution in [0.2, 0.25) is 5.02 Å². The second-order valence-corrected chi connectivity index (χ2v) is 12.9. The van der Waals surface area contributed by atoms with Gasteiger partial charge in [-0.15, -0.1) is 0 Å². The number of carbonyl (C=O) groups excluding carboxylic acids is 3. The minimum absolute atomic E-state index is 0.0320. The third kappa shape index (κ3) is 9.58. The first-order chi connectivity index (χ1) is 22.0. The smallest absolute Gasteiger partial charge is 0.423 e. The number of carbonyl (C=O) groups is 3. The fourth-order valence-corrected chi connectivity index (χ4v) is 5.22. The van der Waals surface area contributed by atoms with Crippen LogP contribution in [0.15, 0.2) is 40.5 Å². The maximum absolute atomic E-state index is 13.1. The minimum atomic E-state index is -3.67. The van der Waals surface area contributed by atoms with Crippen molar-refractivity contribution in [3.8, 4) is 0 Å². The van der Waals surface area contributed by atoms with Gasteiger partial charge in [-0.05, 0) is 51.3 Å². The molecule has 1 unspecified atom stereocenters. The highest BCUT2D eigenvalue weighted by Gasteiger charge is 2.42. The number of urea groups is 1. The van der Waals surface area contributed by atoms with Crippen LogP contribution in [-0.4, -0.2) is 89.9 Å². The van der Waals surface area contributed by atoms with Crippen LogP contribution in [0.1, 0.15) is 51.5 Å². The maximum atomic E-state index is 13.1. The number of nitrogens with one attached hydrogen (secondary N) is 2. The van der Waals surface area contributed by atoms with Crippen molar-refractivity contribution < 1.29 is 37.2 Å². The van der Waals surface area contributed by atoms with E-state index in [4.69, 9.17) is 16.3 Å². The van der Waals surface area contributed by atoms with E-state index in [0.29, 0.717) is 30.2 Å². The van der Waals surface area contributed by atoms with Crippen LogP contribution < -0.4 is 20.4 Å². The number of pyridine rings is 2. The number of alkyl halides is 3. The van der Waals surface area contributed by atoms with Gasteiger partial charge in [0.15, 0.2) is 5.82 Å². The molecule has 5 heterocycles. The van der Waals surface area contributed by atoms with Crippen LogP contribution in [0.25, 0.3) is 0 Å². The summed E-state index contributed by atoms with van der Waals surface area (Å²) in [4.78, 5) is 50.5. The van der Waals surface area contributed by atoms with Gasteiger partial charge in [0, 0.05) is 43.6 Å². The fourth-order valence-electron chi connectivity index (χ4n) is 4.65. The number of hydrogen-bond donors (Lipinski definition) is 3. The summed E-state index contributed by atoms with van der Waals surface area (Å²) >= 11 is 9.69. The maximum Gasteiger partial charge on any atom is 0.498 e. The van der Waals surface area contributed by atoms with E-state index in [-0.39, 0.29) is 40.5 Å². The van der Waals surface area contributed by atoms with Crippen molar-refractivity contribution in [2.75, 3.05) is 41.8 Å². The molecule has 4 amide bonds. The molecule has 2 bridgehead atoms. The van der Waals surface area contributed by atoms with Crippen molar-refractivity contribution in [2.45, 2.75) is 59.4 Å². The van der Waals surface area contributed by atoms with Crippen LogP contribution in [0, 0.1) is 5.92 Å². The number of halogens is 5. The second-order valence-electron chi connectivity index (χ2n) is 11.5. The van der Waals surface area contributed by atoms with Gasteiger partial charge in [0.2, 0.25) is 0 Å². The van der Waals surface area contributed by atoms with E-state index >= 15 is 0 Å². The highest BCUT2D eigenvalue weighted by molar-refractivity contribution is 9.10. The monoisotopic (exact) mass is 745 g/mol. The summed E-state index contributed by atoms with van der Waals surface area (Å²) < 4.78 is 35.3. The average Bonchev–Trinajstić information content (AvgIpc) is 3.40. The molecule has 1 atom stereocenters. The lowest BCUT2D eigenvalue weighted by Crippen LogP contribution is -2.48. The predicted molar refractivity (Wildman–Crippen MR) is 177 cm³/mol. The van der Waals surface area contributed by atoms with Gasteiger partial charge in [0.05, 0.1) is 27.8 Å². The van der Waals surface area contributed by atoms with Gasteiger partial charge in [-0.25, -0.2) is 14.8 Å². The highest BCUT2D eigenvalue weighted by atomic mass is 79.9.